The summed E-state index contributed by atoms with van der Waals surface area (Å²) in [6, 6.07) is 20.5. The third kappa shape index (κ3) is 4.54. The zero-order valence-corrected chi connectivity index (χ0v) is 25.7. The van der Waals surface area contributed by atoms with Gasteiger partial charge in [-0.05, 0) is 73.6 Å². The smallest absolute Gasteiger partial charge is 0.305 e. The minimum Gasteiger partial charge on any atom is -0.483 e. The van der Waals surface area contributed by atoms with Gasteiger partial charge in [0.05, 0.1) is 22.5 Å². The number of carbonyl (C=O) groups is 3. The molecule has 45 heavy (non-hydrogen) atoms. The van der Waals surface area contributed by atoms with Crippen LogP contribution >= 0.6 is 23.1 Å². The molecule has 0 radical (unpaired) electrons. The minimum atomic E-state index is -0.417. The number of para-hydroxylation sites is 1. The van der Waals surface area contributed by atoms with Crippen LogP contribution in [-0.4, -0.2) is 34.6 Å². The normalized spacial score (nSPS) is 27.7. The van der Waals surface area contributed by atoms with Crippen molar-refractivity contribution < 1.29 is 23.5 Å². The lowest BCUT2D eigenvalue weighted by atomic mass is 9.68. The zero-order chi connectivity index (χ0) is 31.0. The lowest BCUT2D eigenvalue weighted by Crippen LogP contribution is -2.42. The number of benzene rings is 3. The SMILES string of the molecule is Cc1ccc(N2C(=O)[C@H]3[C@H]4C[C@@H]([C@@H]3C2=O)[C@@H]2[C@H](c3ccccc3OCC(=O)Nc3ccc(F)cc3)c3sc(=O)[nH]c3S[C@H]42)cc1. The molecule has 0 unspecified atom stereocenters. The van der Waals surface area contributed by atoms with E-state index < -0.39 is 17.6 Å². The van der Waals surface area contributed by atoms with Gasteiger partial charge in [0.2, 0.25) is 11.8 Å². The molecule has 2 saturated carbocycles. The first-order chi connectivity index (χ1) is 21.8. The van der Waals surface area contributed by atoms with Gasteiger partial charge in [0, 0.05) is 27.3 Å². The fraction of sp³-hybridized carbons (Fsp3) is 0.294. The molecular formula is C34H28FN3O5S2. The Morgan fingerprint density at radius 1 is 0.978 bits per heavy atom. The summed E-state index contributed by atoms with van der Waals surface area (Å²) in [4.78, 5) is 58.5. The van der Waals surface area contributed by atoms with Gasteiger partial charge in [0.15, 0.2) is 6.61 Å². The van der Waals surface area contributed by atoms with Crippen LogP contribution < -0.4 is 19.8 Å². The second kappa shape index (κ2) is 10.7. The molecule has 3 aromatic carbocycles. The molecular weight excluding hydrogens is 614 g/mol. The number of amides is 3. The predicted molar refractivity (Wildman–Crippen MR) is 169 cm³/mol. The third-order valence-electron chi connectivity index (χ3n) is 9.76. The summed E-state index contributed by atoms with van der Waals surface area (Å²) in [6.45, 7) is 1.70. The van der Waals surface area contributed by atoms with Crippen molar-refractivity contribution in [3.63, 3.8) is 0 Å². The highest BCUT2D eigenvalue weighted by molar-refractivity contribution is 8.00. The van der Waals surface area contributed by atoms with E-state index >= 15 is 0 Å². The molecule has 228 valence electrons. The highest BCUT2D eigenvalue weighted by atomic mass is 32.2. The van der Waals surface area contributed by atoms with E-state index in [2.05, 4.69) is 10.3 Å². The molecule has 2 bridgehead atoms. The maximum atomic E-state index is 14.0. The molecule has 1 saturated heterocycles. The number of aryl methyl sites for hydroxylation is 1. The molecule has 1 aromatic heterocycles. The van der Waals surface area contributed by atoms with E-state index in [1.54, 1.807) is 11.8 Å². The maximum Gasteiger partial charge on any atom is 0.305 e. The minimum absolute atomic E-state index is 0.00415. The van der Waals surface area contributed by atoms with Crippen LogP contribution in [0.15, 0.2) is 82.6 Å². The Kier molecular flexibility index (Phi) is 6.72. The second-order valence-corrected chi connectivity index (χ2v) is 14.4. The number of carbonyl (C=O) groups excluding carboxylic acids is 3. The topological polar surface area (TPSA) is 109 Å². The number of imide groups is 1. The number of hydrogen-bond acceptors (Lipinski definition) is 7. The fourth-order valence-electron chi connectivity index (χ4n) is 8.06. The van der Waals surface area contributed by atoms with Crippen molar-refractivity contribution in [1.29, 1.82) is 0 Å². The van der Waals surface area contributed by atoms with E-state index in [0.29, 0.717) is 17.1 Å². The van der Waals surface area contributed by atoms with E-state index in [-0.39, 0.29) is 58.1 Å². The van der Waals surface area contributed by atoms with Crippen LogP contribution in [0.25, 0.3) is 0 Å². The van der Waals surface area contributed by atoms with Crippen molar-refractivity contribution in [2.45, 2.75) is 29.5 Å². The van der Waals surface area contributed by atoms with Crippen molar-refractivity contribution in [3.05, 3.63) is 104 Å². The number of rotatable bonds is 6. The van der Waals surface area contributed by atoms with Gasteiger partial charge >= 0.3 is 4.87 Å². The summed E-state index contributed by atoms with van der Waals surface area (Å²) < 4.78 is 19.4. The van der Waals surface area contributed by atoms with Gasteiger partial charge in [-0.2, -0.15) is 0 Å². The molecule has 3 heterocycles. The van der Waals surface area contributed by atoms with Gasteiger partial charge in [-0.3, -0.25) is 24.1 Å². The van der Waals surface area contributed by atoms with Gasteiger partial charge in [-0.1, -0.05) is 47.2 Å². The number of nitrogens with one attached hydrogen (secondary N) is 2. The number of H-pyrrole nitrogens is 1. The van der Waals surface area contributed by atoms with Crippen LogP contribution in [0.4, 0.5) is 15.8 Å². The van der Waals surface area contributed by atoms with Crippen LogP contribution in [0, 0.1) is 42.3 Å². The van der Waals surface area contributed by atoms with E-state index in [1.165, 1.54) is 40.5 Å². The van der Waals surface area contributed by atoms with Crippen molar-refractivity contribution >= 4 is 52.2 Å². The lowest BCUT2D eigenvalue weighted by Gasteiger charge is -2.43. The molecule has 3 fully saturated rings. The summed E-state index contributed by atoms with van der Waals surface area (Å²) in [6.07, 6.45) is 0.773. The largest absolute Gasteiger partial charge is 0.483 e. The zero-order valence-electron chi connectivity index (χ0n) is 24.1. The van der Waals surface area contributed by atoms with E-state index in [9.17, 15) is 23.6 Å². The number of hydrogen-bond donors (Lipinski definition) is 2. The number of aromatic amines is 1. The lowest BCUT2D eigenvalue weighted by molar-refractivity contribution is -0.123. The monoisotopic (exact) mass is 641 g/mol. The maximum absolute atomic E-state index is 14.0. The number of fused-ring (bicyclic) bond motifs is 9. The van der Waals surface area contributed by atoms with Crippen LogP contribution in [0.3, 0.4) is 0 Å². The van der Waals surface area contributed by atoms with Gasteiger partial charge in [-0.25, -0.2) is 4.39 Å². The van der Waals surface area contributed by atoms with E-state index in [4.69, 9.17) is 4.74 Å². The Labute approximate surface area is 266 Å². The number of thioether (sulfide) groups is 1. The summed E-state index contributed by atoms with van der Waals surface area (Å²) in [5.41, 5.74) is 2.96. The predicted octanol–water partition coefficient (Wildman–Crippen LogP) is 5.58. The molecule has 2 aliphatic heterocycles. The third-order valence-corrected chi connectivity index (χ3v) is 12.3. The van der Waals surface area contributed by atoms with Crippen molar-refractivity contribution in [1.82, 2.24) is 4.98 Å². The van der Waals surface area contributed by atoms with Crippen LogP contribution in [0.1, 0.15) is 28.3 Å². The second-order valence-electron chi connectivity index (χ2n) is 12.2. The molecule has 0 spiro atoms. The fourth-order valence-corrected chi connectivity index (χ4v) is 10.9. The number of thiazole rings is 1. The van der Waals surface area contributed by atoms with E-state index in [0.717, 1.165) is 27.5 Å². The summed E-state index contributed by atoms with van der Waals surface area (Å²) in [5.74, 6) is -1.65. The molecule has 8 nitrogen and oxygen atoms in total. The van der Waals surface area contributed by atoms with Gasteiger partial charge < -0.3 is 15.0 Å². The van der Waals surface area contributed by atoms with Crippen LogP contribution in [0.5, 0.6) is 5.75 Å². The van der Waals surface area contributed by atoms with Gasteiger partial charge in [0.1, 0.15) is 11.6 Å². The van der Waals surface area contributed by atoms with Crippen LogP contribution in [-0.2, 0) is 14.4 Å². The first-order valence-corrected chi connectivity index (χ1v) is 16.6. The first-order valence-electron chi connectivity index (χ1n) is 14.9. The van der Waals surface area contributed by atoms with E-state index in [1.807, 2.05) is 55.5 Å². The Hall–Kier alpha value is -4.22. The highest BCUT2D eigenvalue weighted by Gasteiger charge is 2.69. The number of ether oxygens (including phenoxy) is 1. The van der Waals surface area contributed by atoms with Crippen LogP contribution in [0.2, 0.25) is 0 Å². The summed E-state index contributed by atoms with van der Waals surface area (Å²) in [7, 11) is 0. The molecule has 3 amide bonds. The van der Waals surface area contributed by atoms with Gasteiger partial charge in [-0.15, -0.1) is 11.8 Å². The Bertz CT molecular complexity index is 1910. The quantitative estimate of drug-likeness (QED) is 0.266. The number of nitrogens with zero attached hydrogens (tertiary/aromatic N) is 1. The Morgan fingerprint density at radius 3 is 2.44 bits per heavy atom. The van der Waals surface area contributed by atoms with Crippen molar-refractivity contribution in [3.8, 4) is 5.75 Å². The molecule has 11 heteroatoms. The molecule has 4 aromatic rings. The van der Waals surface area contributed by atoms with Crippen molar-refractivity contribution in [2.24, 2.45) is 29.6 Å². The molecule has 4 aliphatic rings. The number of anilines is 2. The number of aromatic nitrogens is 1. The average molecular weight is 642 g/mol. The number of halogens is 1. The molecule has 8 rings (SSSR count). The summed E-state index contributed by atoms with van der Waals surface area (Å²) in [5, 5.41) is 3.55. The average Bonchev–Trinajstić information content (AvgIpc) is 3.77. The molecule has 7 atom stereocenters. The standard InChI is InChI=1S/C34H28FN3O5S2/c1-16-6-12-19(13-7-16)38-32(40)27-21-14-22(28(27)33(38)41)29-26(21)25(30-31(44-29)37-34(42)45-30)20-4-2-3-5-23(20)43-15-24(39)36-18-10-8-17(35)9-11-18/h2-13,21-22,25-29H,14-15H2,1H3,(H,36,39)(H,37,42)/t21-,22-,25+,26-,27+,28+,29-/m1/s1. The summed E-state index contributed by atoms with van der Waals surface area (Å²) >= 11 is 2.80. The Balaban J connectivity index is 1.12. The first kappa shape index (κ1) is 28.3. The van der Waals surface area contributed by atoms with Crippen molar-refractivity contribution in [2.75, 3.05) is 16.8 Å². The molecule has 2 aliphatic carbocycles. The Morgan fingerprint density at radius 2 is 1.69 bits per heavy atom. The molecule has 2 N–H and O–H groups in total. The van der Waals surface area contributed by atoms with Gasteiger partial charge in [0.25, 0.3) is 5.91 Å². The highest BCUT2D eigenvalue weighted by Crippen LogP contribution is 2.69.